The Labute approximate surface area is 82.9 Å². The molecule has 0 heterocycles. The molecule has 0 saturated heterocycles. The zero-order valence-corrected chi connectivity index (χ0v) is 10.6. The van der Waals surface area contributed by atoms with Crippen LogP contribution in [0.3, 0.4) is 0 Å². The van der Waals surface area contributed by atoms with Crippen LogP contribution < -0.4 is 0 Å². The molecule has 0 aromatic heterocycles. The van der Waals surface area contributed by atoms with Crippen molar-refractivity contribution in [3.8, 4) is 0 Å². The summed E-state index contributed by atoms with van der Waals surface area (Å²) < 4.78 is 0. The fourth-order valence-corrected chi connectivity index (χ4v) is 0.854. The minimum Gasteiger partial charge on any atom is -0.155 e. The topological polar surface area (TPSA) is 0 Å². The van der Waals surface area contributed by atoms with Gasteiger partial charge in [-0.1, -0.05) is 52.4 Å². The number of unbranched alkanes of at least 4 members (excludes halogenated alkanes) is 5. The van der Waals surface area contributed by atoms with E-state index in [1.807, 2.05) is 0 Å². The van der Waals surface area contributed by atoms with Crippen molar-refractivity contribution in [2.24, 2.45) is 0 Å². The molecule has 0 spiro atoms. The highest BCUT2D eigenvalue weighted by Gasteiger charge is 1.83. The zero-order chi connectivity index (χ0) is 8.95. The van der Waals surface area contributed by atoms with E-state index < -0.39 is 8.14 Å². The van der Waals surface area contributed by atoms with Crippen molar-refractivity contribution in [3.05, 3.63) is 0 Å². The summed E-state index contributed by atoms with van der Waals surface area (Å²) in [5.41, 5.74) is 0. The molecular formula is C8H20Cl2Si. The quantitative estimate of drug-likeness (QED) is 0.371. The highest BCUT2D eigenvalue weighted by atomic mass is 35.7. The summed E-state index contributed by atoms with van der Waals surface area (Å²) in [4.78, 5) is 0. The summed E-state index contributed by atoms with van der Waals surface area (Å²) in [6.07, 6.45) is 8.49. The van der Waals surface area contributed by atoms with Crippen LogP contribution in [0, 0.1) is 0 Å². The third kappa shape index (κ3) is 24.9. The second kappa shape index (κ2) is 17.0. The van der Waals surface area contributed by atoms with Gasteiger partial charge in [-0.2, -0.15) is 22.2 Å². The van der Waals surface area contributed by atoms with Gasteiger partial charge >= 0.3 is 0 Å². The summed E-state index contributed by atoms with van der Waals surface area (Å²) in [5.74, 6) is 0. The molecule has 0 amide bonds. The SMILES string of the molecule is CCCCCCCC.Cl[SiH2]Cl. The molecule has 0 aliphatic heterocycles. The van der Waals surface area contributed by atoms with Crippen LogP contribution >= 0.6 is 22.2 Å². The molecule has 0 unspecified atom stereocenters. The summed E-state index contributed by atoms with van der Waals surface area (Å²) in [6, 6.07) is 0. The van der Waals surface area contributed by atoms with E-state index in [0.717, 1.165) is 0 Å². The van der Waals surface area contributed by atoms with Gasteiger partial charge in [-0.25, -0.2) is 0 Å². The van der Waals surface area contributed by atoms with Crippen molar-refractivity contribution in [3.63, 3.8) is 0 Å². The number of rotatable bonds is 5. The number of halogens is 2. The summed E-state index contributed by atoms with van der Waals surface area (Å²) in [7, 11) is -0.639. The van der Waals surface area contributed by atoms with Gasteiger partial charge in [0.25, 0.3) is 0 Å². The van der Waals surface area contributed by atoms with Gasteiger partial charge in [0.2, 0.25) is 8.14 Å². The van der Waals surface area contributed by atoms with Crippen LogP contribution in [0.2, 0.25) is 0 Å². The number of hydrogen-bond acceptors (Lipinski definition) is 0. The van der Waals surface area contributed by atoms with E-state index in [1.54, 1.807) is 0 Å². The van der Waals surface area contributed by atoms with Gasteiger partial charge in [0, 0.05) is 0 Å². The Morgan fingerprint density at radius 1 is 0.818 bits per heavy atom. The largest absolute Gasteiger partial charge is 0.222 e. The maximum atomic E-state index is 4.90. The molecule has 0 fully saturated rings. The fourth-order valence-electron chi connectivity index (χ4n) is 0.854. The Morgan fingerprint density at radius 3 is 1.27 bits per heavy atom. The van der Waals surface area contributed by atoms with Crippen LogP contribution in [-0.4, -0.2) is 8.14 Å². The first-order valence-corrected chi connectivity index (χ1v) is 8.72. The first-order chi connectivity index (χ1) is 5.33. The summed E-state index contributed by atoms with van der Waals surface area (Å²) in [6.45, 7) is 4.51. The van der Waals surface area contributed by atoms with Crippen molar-refractivity contribution >= 4 is 30.3 Å². The average molecular weight is 215 g/mol. The third-order valence-corrected chi connectivity index (χ3v) is 1.46. The predicted octanol–water partition coefficient (Wildman–Crippen LogP) is 3.83. The first-order valence-electron chi connectivity index (χ1n) is 4.45. The molecule has 0 bridgehead atoms. The lowest BCUT2D eigenvalue weighted by molar-refractivity contribution is 0.624. The fraction of sp³-hybridized carbons (Fsp3) is 1.00. The highest BCUT2D eigenvalue weighted by molar-refractivity contribution is 7.22. The lowest BCUT2D eigenvalue weighted by Gasteiger charge is -1.93. The first kappa shape index (κ1) is 14.3. The van der Waals surface area contributed by atoms with E-state index in [-0.39, 0.29) is 0 Å². The van der Waals surface area contributed by atoms with Crippen molar-refractivity contribution in [1.29, 1.82) is 0 Å². The minimum atomic E-state index is -0.639. The van der Waals surface area contributed by atoms with E-state index in [2.05, 4.69) is 13.8 Å². The van der Waals surface area contributed by atoms with Crippen LogP contribution in [0.1, 0.15) is 52.4 Å². The van der Waals surface area contributed by atoms with Gasteiger partial charge in [0.1, 0.15) is 0 Å². The second-order valence-electron chi connectivity index (χ2n) is 2.52. The number of hydrogen-bond donors (Lipinski definition) is 0. The van der Waals surface area contributed by atoms with Crippen LogP contribution in [-0.2, 0) is 0 Å². The Morgan fingerprint density at radius 2 is 1.09 bits per heavy atom. The molecular weight excluding hydrogens is 195 g/mol. The standard InChI is InChI=1S/C8H18.Cl2H2Si/c1-3-5-7-8-6-4-2;1-3-2/h3-8H2,1-2H3;3H2. The van der Waals surface area contributed by atoms with Gasteiger partial charge < -0.3 is 0 Å². The Balaban J connectivity index is 0. The molecule has 3 heteroatoms. The van der Waals surface area contributed by atoms with Gasteiger partial charge in [-0.3, -0.25) is 0 Å². The molecule has 0 saturated carbocycles. The van der Waals surface area contributed by atoms with Crippen molar-refractivity contribution in [2.75, 3.05) is 0 Å². The minimum absolute atomic E-state index is 0.639. The second-order valence-corrected chi connectivity index (χ2v) is 5.14. The lowest BCUT2D eigenvalue weighted by Crippen LogP contribution is -1.73. The van der Waals surface area contributed by atoms with E-state index in [1.165, 1.54) is 38.5 Å². The lowest BCUT2D eigenvalue weighted by atomic mass is 10.1. The Kier molecular flexibility index (Phi) is 22.2. The Hall–Kier alpha value is 0.797. The van der Waals surface area contributed by atoms with Crippen molar-refractivity contribution < 1.29 is 0 Å². The maximum absolute atomic E-state index is 4.90. The highest BCUT2D eigenvalue weighted by Crippen LogP contribution is 2.03. The van der Waals surface area contributed by atoms with Crippen LogP contribution in [0.5, 0.6) is 0 Å². The Bertz CT molecular complexity index is 45.4. The zero-order valence-electron chi connectivity index (χ0n) is 7.71. The molecule has 0 aliphatic rings. The molecule has 0 aliphatic carbocycles. The predicted molar refractivity (Wildman–Crippen MR) is 59.3 cm³/mol. The summed E-state index contributed by atoms with van der Waals surface area (Å²) >= 11 is 9.81. The molecule has 0 aromatic carbocycles. The maximum Gasteiger partial charge on any atom is 0.222 e. The molecule has 0 atom stereocenters. The molecule has 0 nitrogen and oxygen atoms in total. The van der Waals surface area contributed by atoms with Crippen molar-refractivity contribution in [2.45, 2.75) is 52.4 Å². The molecule has 0 radical (unpaired) electrons. The van der Waals surface area contributed by atoms with E-state index >= 15 is 0 Å². The smallest absolute Gasteiger partial charge is 0.155 e. The summed E-state index contributed by atoms with van der Waals surface area (Å²) in [5, 5.41) is 0. The molecule has 70 valence electrons. The van der Waals surface area contributed by atoms with Crippen LogP contribution in [0.25, 0.3) is 0 Å². The molecule has 11 heavy (non-hydrogen) atoms. The van der Waals surface area contributed by atoms with Crippen molar-refractivity contribution in [1.82, 2.24) is 0 Å². The monoisotopic (exact) mass is 214 g/mol. The van der Waals surface area contributed by atoms with Crippen LogP contribution in [0.15, 0.2) is 0 Å². The van der Waals surface area contributed by atoms with E-state index in [4.69, 9.17) is 22.2 Å². The third-order valence-electron chi connectivity index (χ3n) is 1.46. The van der Waals surface area contributed by atoms with Crippen LogP contribution in [0.4, 0.5) is 0 Å². The van der Waals surface area contributed by atoms with E-state index in [9.17, 15) is 0 Å². The van der Waals surface area contributed by atoms with Gasteiger partial charge in [0.05, 0.1) is 0 Å². The van der Waals surface area contributed by atoms with Gasteiger partial charge in [0.15, 0.2) is 0 Å². The molecule has 0 N–H and O–H groups in total. The van der Waals surface area contributed by atoms with E-state index in [0.29, 0.717) is 0 Å². The average Bonchev–Trinajstić information content (AvgIpc) is 2.00. The van der Waals surface area contributed by atoms with Gasteiger partial charge in [-0.15, -0.1) is 0 Å². The van der Waals surface area contributed by atoms with Gasteiger partial charge in [-0.05, 0) is 0 Å². The molecule has 0 rings (SSSR count). The molecule has 0 aromatic rings. The normalized spacial score (nSPS) is 8.73.